The highest BCUT2D eigenvalue weighted by molar-refractivity contribution is 9.10. The Morgan fingerprint density at radius 2 is 2.00 bits per heavy atom. The molecule has 2 rings (SSSR count). The molecule has 52 valence electrons. The largest absolute Gasteiger partial charge is 0.174 e. The van der Waals surface area contributed by atoms with Crippen LogP contribution in [0.5, 0.6) is 0 Å². The van der Waals surface area contributed by atoms with Crippen LogP contribution in [0.4, 0.5) is 0 Å². The van der Waals surface area contributed by atoms with E-state index in [-0.39, 0.29) is 0 Å². The van der Waals surface area contributed by atoms with Gasteiger partial charge in [-0.2, -0.15) is 8.75 Å². The molecule has 2 nitrogen and oxygen atoms in total. The fraction of sp³-hybridized carbons (Fsp3) is 0. The Kier molecular flexibility index (Phi) is 1.69. The Labute approximate surface area is 77.5 Å². The van der Waals surface area contributed by atoms with Gasteiger partial charge >= 0.3 is 0 Å². The first-order valence-electron chi connectivity index (χ1n) is 2.95. The van der Waals surface area contributed by atoms with Gasteiger partial charge in [-0.15, -0.1) is 0 Å². The number of hydrogen-bond donors (Lipinski definition) is 0. The summed E-state index contributed by atoms with van der Waals surface area (Å²) in [7, 11) is 5.65. The zero-order valence-corrected chi connectivity index (χ0v) is 7.82. The maximum atomic E-state index is 5.65. The van der Waals surface area contributed by atoms with Gasteiger partial charge in [0.1, 0.15) is 13.4 Å². The zero-order valence-electron chi connectivity index (χ0n) is 5.41. The van der Waals surface area contributed by atoms with E-state index in [9.17, 15) is 0 Å². The summed E-state index contributed by atoms with van der Waals surface area (Å²) in [6.45, 7) is 0. The fourth-order valence-electron chi connectivity index (χ4n) is 0.855. The van der Waals surface area contributed by atoms with E-state index in [1.54, 1.807) is 0 Å². The number of benzene rings is 1. The van der Waals surface area contributed by atoms with E-state index in [0.29, 0.717) is 5.46 Å². The summed E-state index contributed by atoms with van der Waals surface area (Å²) < 4.78 is 9.08. The van der Waals surface area contributed by atoms with E-state index in [1.807, 2.05) is 12.1 Å². The van der Waals surface area contributed by atoms with Crippen molar-refractivity contribution in [1.29, 1.82) is 0 Å². The summed E-state index contributed by atoms with van der Waals surface area (Å²) in [6.07, 6.45) is 0. The van der Waals surface area contributed by atoms with Crippen molar-refractivity contribution < 1.29 is 0 Å². The van der Waals surface area contributed by atoms with Gasteiger partial charge in [-0.1, -0.05) is 11.5 Å². The lowest BCUT2D eigenvalue weighted by molar-refractivity contribution is 1.63. The number of fused-ring (bicyclic) bond motifs is 1. The van der Waals surface area contributed by atoms with Gasteiger partial charge in [-0.05, 0) is 22.0 Å². The predicted molar refractivity (Wildman–Crippen MR) is 50.5 cm³/mol. The van der Waals surface area contributed by atoms with Crippen molar-refractivity contribution in [2.75, 3.05) is 0 Å². The van der Waals surface area contributed by atoms with Gasteiger partial charge < -0.3 is 0 Å². The molecule has 5 heteroatoms. The molecule has 0 spiro atoms. The second-order valence-corrected chi connectivity index (χ2v) is 3.48. The maximum absolute atomic E-state index is 5.65. The third-order valence-electron chi connectivity index (χ3n) is 1.40. The molecule has 0 atom stereocenters. The summed E-state index contributed by atoms with van der Waals surface area (Å²) in [6, 6.07) is 3.69. The average Bonchev–Trinajstić information content (AvgIpc) is 2.45. The number of aromatic nitrogens is 2. The SMILES string of the molecule is [B]c1ccc(Br)c2nsnc12. The van der Waals surface area contributed by atoms with Crippen molar-refractivity contribution in [3.63, 3.8) is 0 Å². The molecule has 0 fully saturated rings. The lowest BCUT2D eigenvalue weighted by Crippen LogP contribution is -2.02. The Morgan fingerprint density at radius 1 is 1.27 bits per heavy atom. The average molecular weight is 225 g/mol. The lowest BCUT2D eigenvalue weighted by Gasteiger charge is -1.93. The van der Waals surface area contributed by atoms with Crippen LogP contribution in [0, 0.1) is 0 Å². The number of nitrogens with zero attached hydrogens (tertiary/aromatic N) is 2. The maximum Gasteiger partial charge on any atom is 0.118 e. The normalized spacial score (nSPS) is 10.6. The molecule has 0 bridgehead atoms. The zero-order chi connectivity index (χ0) is 7.84. The van der Waals surface area contributed by atoms with Crippen LogP contribution >= 0.6 is 27.7 Å². The van der Waals surface area contributed by atoms with Crippen molar-refractivity contribution in [1.82, 2.24) is 8.75 Å². The highest BCUT2D eigenvalue weighted by Gasteiger charge is 2.03. The molecule has 0 amide bonds. The quantitative estimate of drug-likeness (QED) is 0.630. The molecule has 1 heterocycles. The van der Waals surface area contributed by atoms with E-state index in [0.717, 1.165) is 15.5 Å². The highest BCUT2D eigenvalue weighted by atomic mass is 79.9. The molecular weight excluding hydrogens is 223 g/mol. The molecule has 0 N–H and O–H groups in total. The van der Waals surface area contributed by atoms with Crippen molar-refractivity contribution in [3.8, 4) is 0 Å². The summed E-state index contributed by atoms with van der Waals surface area (Å²) in [5.41, 5.74) is 2.30. The molecule has 0 aliphatic carbocycles. The van der Waals surface area contributed by atoms with Gasteiger partial charge in [-0.25, -0.2) is 0 Å². The Morgan fingerprint density at radius 3 is 2.73 bits per heavy atom. The standard InChI is InChI=1S/C6H2BBrN2S/c7-3-1-2-4(8)6-5(3)9-11-10-6/h1-2H. The smallest absolute Gasteiger partial charge is 0.118 e. The number of hydrogen-bond acceptors (Lipinski definition) is 3. The molecule has 0 aliphatic heterocycles. The van der Waals surface area contributed by atoms with Crippen LogP contribution < -0.4 is 5.46 Å². The molecule has 0 saturated carbocycles. The monoisotopic (exact) mass is 224 g/mol. The second kappa shape index (κ2) is 2.57. The highest BCUT2D eigenvalue weighted by Crippen LogP contribution is 2.19. The van der Waals surface area contributed by atoms with E-state index >= 15 is 0 Å². The van der Waals surface area contributed by atoms with Crippen molar-refractivity contribution in [2.45, 2.75) is 0 Å². The van der Waals surface area contributed by atoms with Crippen LogP contribution in [-0.4, -0.2) is 16.6 Å². The van der Waals surface area contributed by atoms with Gasteiger partial charge in [-0.3, -0.25) is 0 Å². The molecule has 0 unspecified atom stereocenters. The van der Waals surface area contributed by atoms with Crippen molar-refractivity contribution >= 4 is 52.0 Å². The topological polar surface area (TPSA) is 25.8 Å². The first-order chi connectivity index (χ1) is 5.29. The third-order valence-corrected chi connectivity index (χ3v) is 2.57. The molecule has 2 aromatic rings. The molecule has 2 radical (unpaired) electrons. The van der Waals surface area contributed by atoms with Gasteiger partial charge in [0.2, 0.25) is 0 Å². The van der Waals surface area contributed by atoms with Crippen molar-refractivity contribution in [3.05, 3.63) is 16.6 Å². The molecule has 1 aromatic carbocycles. The van der Waals surface area contributed by atoms with Crippen LogP contribution in [0.2, 0.25) is 0 Å². The van der Waals surface area contributed by atoms with Gasteiger partial charge in [0.15, 0.2) is 0 Å². The van der Waals surface area contributed by atoms with Gasteiger partial charge in [0, 0.05) is 4.47 Å². The Hall–Kier alpha value is -0.415. The summed E-state index contributed by atoms with van der Waals surface area (Å²) in [4.78, 5) is 0. The van der Waals surface area contributed by atoms with Crippen LogP contribution in [-0.2, 0) is 0 Å². The fourth-order valence-corrected chi connectivity index (χ4v) is 1.96. The minimum atomic E-state index is 0.678. The van der Waals surface area contributed by atoms with Crippen LogP contribution in [0.15, 0.2) is 16.6 Å². The minimum Gasteiger partial charge on any atom is -0.174 e. The number of rotatable bonds is 0. The number of halogens is 1. The Balaban J connectivity index is 2.96. The van der Waals surface area contributed by atoms with Gasteiger partial charge in [0.25, 0.3) is 0 Å². The van der Waals surface area contributed by atoms with Crippen molar-refractivity contribution in [2.24, 2.45) is 0 Å². The molecular formula is C6H2BBrN2S. The van der Waals surface area contributed by atoms with Crippen LogP contribution in [0.25, 0.3) is 11.0 Å². The summed E-state index contributed by atoms with van der Waals surface area (Å²) >= 11 is 4.53. The van der Waals surface area contributed by atoms with Crippen LogP contribution in [0.1, 0.15) is 0 Å². The molecule has 1 aromatic heterocycles. The van der Waals surface area contributed by atoms with Crippen LogP contribution in [0.3, 0.4) is 0 Å². The molecule has 11 heavy (non-hydrogen) atoms. The molecule has 0 aliphatic rings. The second-order valence-electron chi connectivity index (χ2n) is 2.10. The third kappa shape index (κ3) is 1.08. The van der Waals surface area contributed by atoms with E-state index < -0.39 is 0 Å². The van der Waals surface area contributed by atoms with E-state index in [2.05, 4.69) is 24.7 Å². The van der Waals surface area contributed by atoms with Gasteiger partial charge in [0.05, 0.1) is 17.2 Å². The first kappa shape index (κ1) is 7.25. The predicted octanol–water partition coefficient (Wildman–Crippen LogP) is 1.25. The summed E-state index contributed by atoms with van der Waals surface area (Å²) in [5.74, 6) is 0. The molecule has 0 saturated heterocycles. The summed E-state index contributed by atoms with van der Waals surface area (Å²) in [5, 5.41) is 0. The van der Waals surface area contributed by atoms with E-state index in [1.165, 1.54) is 11.7 Å². The lowest BCUT2D eigenvalue weighted by atomic mass is 9.95. The first-order valence-corrected chi connectivity index (χ1v) is 4.47. The minimum absolute atomic E-state index is 0.678. The van der Waals surface area contributed by atoms with E-state index in [4.69, 9.17) is 7.85 Å². The Bertz CT molecular complexity index is 364.